The zero-order valence-corrected chi connectivity index (χ0v) is 14.9. The first kappa shape index (κ1) is 22.2. The quantitative estimate of drug-likeness (QED) is 0.321. The van der Waals surface area contributed by atoms with Crippen molar-refractivity contribution in [2.24, 2.45) is 0 Å². The number of benzene rings is 1. The highest BCUT2D eigenvalue weighted by molar-refractivity contribution is 5.92. The van der Waals surface area contributed by atoms with Crippen molar-refractivity contribution in [1.82, 2.24) is 4.90 Å². The summed E-state index contributed by atoms with van der Waals surface area (Å²) >= 11 is 0. The minimum Gasteiger partial charge on any atom is -0.504 e. The number of phenolic OH excluding ortho intramolecular Hbond substituents is 2. The van der Waals surface area contributed by atoms with Gasteiger partial charge in [-0.25, -0.2) is 0 Å². The van der Waals surface area contributed by atoms with Gasteiger partial charge in [0.05, 0.1) is 25.5 Å². The van der Waals surface area contributed by atoms with E-state index in [0.29, 0.717) is 0 Å². The number of carboxylic acid groups (broad SMARTS) is 2. The van der Waals surface area contributed by atoms with Crippen molar-refractivity contribution >= 4 is 17.8 Å². The Balaban J connectivity index is 3.13. The van der Waals surface area contributed by atoms with Gasteiger partial charge in [-0.2, -0.15) is 0 Å². The van der Waals surface area contributed by atoms with Crippen LogP contribution in [-0.2, 0) is 14.4 Å². The molecule has 0 aliphatic carbocycles. The molecule has 0 aromatic heterocycles. The number of aliphatic hydroxyl groups is 2. The Labute approximate surface area is 154 Å². The summed E-state index contributed by atoms with van der Waals surface area (Å²) in [6, 6.07) is 2.93. The molecule has 1 aromatic carbocycles. The second kappa shape index (κ2) is 8.69. The van der Waals surface area contributed by atoms with Crippen LogP contribution < -0.4 is 0 Å². The summed E-state index contributed by atoms with van der Waals surface area (Å²) in [5.74, 6) is -5.15. The van der Waals surface area contributed by atoms with E-state index in [2.05, 4.69) is 0 Å². The van der Waals surface area contributed by atoms with E-state index in [0.717, 1.165) is 17.0 Å². The van der Waals surface area contributed by atoms with Gasteiger partial charge in [0.25, 0.3) is 5.91 Å². The summed E-state index contributed by atoms with van der Waals surface area (Å²) in [6.07, 6.45) is -3.57. The van der Waals surface area contributed by atoms with E-state index in [1.165, 1.54) is 6.07 Å². The Morgan fingerprint density at radius 2 is 1.56 bits per heavy atom. The van der Waals surface area contributed by atoms with Gasteiger partial charge in [-0.15, -0.1) is 0 Å². The summed E-state index contributed by atoms with van der Waals surface area (Å²) in [5, 5.41) is 57.4. The number of amides is 1. The normalized spacial score (nSPS) is 12.6. The molecule has 0 bridgehead atoms. The van der Waals surface area contributed by atoms with E-state index in [4.69, 9.17) is 10.2 Å². The lowest BCUT2D eigenvalue weighted by Crippen LogP contribution is -2.54. The van der Waals surface area contributed by atoms with Gasteiger partial charge in [-0.1, -0.05) is 6.07 Å². The predicted molar refractivity (Wildman–Crippen MR) is 91.0 cm³/mol. The van der Waals surface area contributed by atoms with Crippen molar-refractivity contribution in [3.8, 4) is 11.5 Å². The number of phenols is 2. The number of aromatic hydroxyl groups is 2. The predicted octanol–water partition coefficient (Wildman–Crippen LogP) is 0.0487. The molecule has 1 aromatic rings. The van der Waals surface area contributed by atoms with Gasteiger partial charge in [-0.05, 0) is 31.5 Å². The van der Waals surface area contributed by atoms with Crippen LogP contribution in [0.25, 0.3) is 0 Å². The molecule has 0 heterocycles. The summed E-state index contributed by atoms with van der Waals surface area (Å²) < 4.78 is 0. The minimum atomic E-state index is -2.68. The van der Waals surface area contributed by atoms with Gasteiger partial charge >= 0.3 is 11.9 Å². The van der Waals surface area contributed by atoms with Crippen molar-refractivity contribution in [2.75, 3.05) is 6.54 Å². The molecule has 150 valence electrons. The largest absolute Gasteiger partial charge is 0.504 e. The first-order chi connectivity index (χ1) is 12.4. The molecular weight excluding hydrogens is 362 g/mol. The maximum absolute atomic E-state index is 12.7. The fourth-order valence-electron chi connectivity index (χ4n) is 2.55. The second-order valence-electron chi connectivity index (χ2n) is 6.49. The van der Waals surface area contributed by atoms with E-state index >= 15 is 0 Å². The zero-order chi connectivity index (χ0) is 20.9. The standard InChI is InChI=1S/C17H23NO9/c1-9(2)18(8-13(21)10-3-4-11(19)12(20)5-10)16(26)17(27,6-14(22)23)7-15(24)25/h3-5,9,13,19-21,27H,6-8H2,1-2H3,(H,22,23)(H,24,25). The molecule has 10 heteroatoms. The van der Waals surface area contributed by atoms with Crippen molar-refractivity contribution in [3.63, 3.8) is 0 Å². The smallest absolute Gasteiger partial charge is 0.306 e. The fourth-order valence-corrected chi connectivity index (χ4v) is 2.55. The van der Waals surface area contributed by atoms with E-state index in [9.17, 15) is 34.8 Å². The molecule has 0 radical (unpaired) electrons. The third kappa shape index (κ3) is 5.83. The van der Waals surface area contributed by atoms with Crippen LogP contribution in [0.1, 0.15) is 38.4 Å². The number of hydrogen-bond acceptors (Lipinski definition) is 7. The zero-order valence-electron chi connectivity index (χ0n) is 14.9. The van der Waals surface area contributed by atoms with E-state index in [1.54, 1.807) is 13.8 Å². The second-order valence-corrected chi connectivity index (χ2v) is 6.49. The topological polar surface area (TPSA) is 176 Å². The molecule has 0 aliphatic rings. The van der Waals surface area contributed by atoms with Gasteiger partial charge in [0, 0.05) is 6.04 Å². The van der Waals surface area contributed by atoms with Crippen molar-refractivity contribution in [2.45, 2.75) is 44.4 Å². The Hall–Kier alpha value is -2.85. The van der Waals surface area contributed by atoms with E-state index in [-0.39, 0.29) is 5.56 Å². The molecule has 6 N–H and O–H groups in total. The van der Waals surface area contributed by atoms with Crippen molar-refractivity contribution < 1.29 is 45.0 Å². The Bertz CT molecular complexity index is 700. The van der Waals surface area contributed by atoms with Gasteiger partial charge in [-0.3, -0.25) is 14.4 Å². The molecule has 27 heavy (non-hydrogen) atoms. The molecule has 10 nitrogen and oxygen atoms in total. The summed E-state index contributed by atoms with van der Waals surface area (Å²) in [6.45, 7) is 2.68. The molecule has 1 rings (SSSR count). The van der Waals surface area contributed by atoms with E-state index < -0.39 is 66.5 Å². The Morgan fingerprint density at radius 3 is 1.96 bits per heavy atom. The number of carboxylic acids is 2. The lowest BCUT2D eigenvalue weighted by atomic mass is 9.92. The number of carbonyl (C=O) groups is 3. The molecule has 0 spiro atoms. The highest BCUT2D eigenvalue weighted by Crippen LogP contribution is 2.29. The van der Waals surface area contributed by atoms with Crippen LogP contribution in [0, 0.1) is 0 Å². The van der Waals surface area contributed by atoms with Gasteiger partial charge in [0.15, 0.2) is 17.1 Å². The lowest BCUT2D eigenvalue weighted by Gasteiger charge is -2.35. The van der Waals surface area contributed by atoms with Crippen LogP contribution >= 0.6 is 0 Å². The highest BCUT2D eigenvalue weighted by Gasteiger charge is 2.44. The van der Waals surface area contributed by atoms with E-state index in [1.807, 2.05) is 0 Å². The molecule has 0 fully saturated rings. The van der Waals surface area contributed by atoms with Crippen LogP contribution in [0.3, 0.4) is 0 Å². The molecule has 0 saturated heterocycles. The SMILES string of the molecule is CC(C)N(CC(O)c1ccc(O)c(O)c1)C(=O)C(O)(CC(=O)O)CC(=O)O. The van der Waals surface area contributed by atoms with Gasteiger partial charge in [0.2, 0.25) is 0 Å². The fraction of sp³-hybridized carbons (Fsp3) is 0.471. The number of nitrogens with zero attached hydrogens (tertiary/aromatic N) is 1. The summed E-state index contributed by atoms with van der Waals surface area (Å²) in [7, 11) is 0. The lowest BCUT2D eigenvalue weighted by molar-refractivity contribution is -0.167. The maximum Gasteiger partial charge on any atom is 0.306 e. The number of carbonyl (C=O) groups excluding carboxylic acids is 1. The van der Waals surface area contributed by atoms with Crippen molar-refractivity contribution in [3.05, 3.63) is 23.8 Å². The highest BCUT2D eigenvalue weighted by atomic mass is 16.4. The summed E-state index contributed by atoms with van der Waals surface area (Å²) in [4.78, 5) is 35.6. The van der Waals surface area contributed by atoms with Crippen LogP contribution in [0.4, 0.5) is 0 Å². The average molecular weight is 385 g/mol. The first-order valence-electron chi connectivity index (χ1n) is 8.04. The maximum atomic E-state index is 12.7. The molecular formula is C17H23NO9. The monoisotopic (exact) mass is 385 g/mol. The number of hydrogen-bond donors (Lipinski definition) is 6. The molecule has 1 amide bonds. The number of aliphatic hydroxyl groups excluding tert-OH is 1. The molecule has 0 saturated carbocycles. The summed E-state index contributed by atoms with van der Waals surface area (Å²) in [5.41, 5.74) is -2.53. The Kier molecular flexibility index (Phi) is 7.14. The first-order valence-corrected chi connectivity index (χ1v) is 8.04. The minimum absolute atomic E-state index is 0.156. The van der Waals surface area contributed by atoms with Gasteiger partial charge in [0.1, 0.15) is 0 Å². The number of rotatable bonds is 9. The molecule has 1 unspecified atom stereocenters. The van der Waals surface area contributed by atoms with Crippen LogP contribution in [-0.4, -0.2) is 71.6 Å². The average Bonchev–Trinajstić information content (AvgIpc) is 2.52. The number of aliphatic carboxylic acids is 2. The molecule has 1 atom stereocenters. The molecule has 0 aliphatic heterocycles. The third-order valence-corrected chi connectivity index (χ3v) is 3.92. The van der Waals surface area contributed by atoms with Crippen LogP contribution in [0.2, 0.25) is 0 Å². The van der Waals surface area contributed by atoms with Gasteiger partial charge < -0.3 is 35.5 Å². The Morgan fingerprint density at radius 1 is 1.04 bits per heavy atom. The van der Waals surface area contributed by atoms with Crippen LogP contribution in [0.5, 0.6) is 11.5 Å². The van der Waals surface area contributed by atoms with Crippen molar-refractivity contribution in [1.29, 1.82) is 0 Å². The third-order valence-electron chi connectivity index (χ3n) is 3.92. The van der Waals surface area contributed by atoms with Crippen LogP contribution in [0.15, 0.2) is 18.2 Å².